The highest BCUT2D eigenvalue weighted by Gasteiger charge is 2.38. The minimum atomic E-state index is 0.608. The van der Waals surface area contributed by atoms with Gasteiger partial charge in [0.05, 0.1) is 0 Å². The van der Waals surface area contributed by atoms with Crippen LogP contribution in [0.25, 0.3) is 0 Å². The quantitative estimate of drug-likeness (QED) is 0.743. The number of piperazine rings is 1. The number of nitrogens with zero attached hydrogens (tertiary/aromatic N) is 1. The van der Waals surface area contributed by atoms with E-state index >= 15 is 0 Å². The van der Waals surface area contributed by atoms with Gasteiger partial charge in [0.25, 0.3) is 0 Å². The second kappa shape index (κ2) is 4.63. The molecule has 14 heavy (non-hydrogen) atoms. The smallest absolute Gasteiger partial charge is 0.0210 e. The van der Waals surface area contributed by atoms with Crippen molar-refractivity contribution in [2.24, 2.45) is 0 Å². The SMILES string of the molecule is CCCC1(N2CCNCC2)CCCC1. The van der Waals surface area contributed by atoms with Crippen LogP contribution >= 0.6 is 0 Å². The molecular weight excluding hydrogens is 172 g/mol. The molecule has 1 N–H and O–H groups in total. The summed E-state index contributed by atoms with van der Waals surface area (Å²) in [6.07, 6.45) is 8.62. The molecule has 0 atom stereocenters. The van der Waals surface area contributed by atoms with E-state index in [1.165, 1.54) is 64.7 Å². The lowest BCUT2D eigenvalue weighted by atomic mass is 9.89. The molecule has 2 nitrogen and oxygen atoms in total. The molecule has 0 aromatic carbocycles. The van der Waals surface area contributed by atoms with Crippen LogP contribution in [0, 0.1) is 0 Å². The molecule has 1 heterocycles. The molecule has 1 aliphatic heterocycles. The van der Waals surface area contributed by atoms with Crippen molar-refractivity contribution >= 4 is 0 Å². The molecule has 1 saturated heterocycles. The fraction of sp³-hybridized carbons (Fsp3) is 1.00. The van der Waals surface area contributed by atoms with Crippen molar-refractivity contribution < 1.29 is 0 Å². The third-order valence-corrected chi connectivity index (χ3v) is 4.04. The van der Waals surface area contributed by atoms with Crippen LogP contribution in [0.4, 0.5) is 0 Å². The lowest BCUT2D eigenvalue weighted by Gasteiger charge is -2.44. The lowest BCUT2D eigenvalue weighted by Crippen LogP contribution is -2.54. The monoisotopic (exact) mass is 196 g/mol. The van der Waals surface area contributed by atoms with E-state index in [4.69, 9.17) is 0 Å². The first-order valence-corrected chi connectivity index (χ1v) is 6.33. The molecule has 0 amide bonds. The van der Waals surface area contributed by atoms with E-state index < -0.39 is 0 Å². The summed E-state index contributed by atoms with van der Waals surface area (Å²) < 4.78 is 0. The molecule has 0 aromatic heterocycles. The zero-order chi connectivity index (χ0) is 9.86. The van der Waals surface area contributed by atoms with Crippen molar-refractivity contribution in [3.05, 3.63) is 0 Å². The Labute approximate surface area is 88.1 Å². The summed E-state index contributed by atoms with van der Waals surface area (Å²) in [6.45, 7) is 7.29. The van der Waals surface area contributed by atoms with Crippen LogP contribution < -0.4 is 5.32 Å². The molecule has 1 aliphatic carbocycles. The highest BCUT2D eigenvalue weighted by atomic mass is 15.2. The van der Waals surface area contributed by atoms with Gasteiger partial charge in [0, 0.05) is 31.7 Å². The predicted octanol–water partition coefficient (Wildman–Crippen LogP) is 2.00. The summed E-state index contributed by atoms with van der Waals surface area (Å²) in [6, 6.07) is 0. The van der Waals surface area contributed by atoms with Crippen molar-refractivity contribution in [2.45, 2.75) is 51.0 Å². The minimum absolute atomic E-state index is 0.608. The van der Waals surface area contributed by atoms with E-state index in [1.54, 1.807) is 0 Å². The highest BCUT2D eigenvalue weighted by molar-refractivity contribution is 4.95. The fourth-order valence-corrected chi connectivity index (χ4v) is 3.36. The van der Waals surface area contributed by atoms with Gasteiger partial charge in [-0.15, -0.1) is 0 Å². The Morgan fingerprint density at radius 1 is 1.14 bits per heavy atom. The maximum atomic E-state index is 3.46. The van der Waals surface area contributed by atoms with E-state index in [-0.39, 0.29) is 0 Å². The topological polar surface area (TPSA) is 15.3 Å². The van der Waals surface area contributed by atoms with Crippen LogP contribution in [-0.4, -0.2) is 36.6 Å². The summed E-state index contributed by atoms with van der Waals surface area (Å²) in [5.41, 5.74) is 0.608. The second-order valence-corrected chi connectivity index (χ2v) is 4.92. The normalized spacial score (nSPS) is 28.1. The molecular formula is C12H24N2. The molecule has 0 bridgehead atoms. The Kier molecular flexibility index (Phi) is 3.45. The summed E-state index contributed by atoms with van der Waals surface area (Å²) in [4.78, 5) is 2.78. The number of nitrogens with one attached hydrogen (secondary N) is 1. The molecule has 0 spiro atoms. The molecule has 2 fully saturated rings. The molecule has 2 rings (SSSR count). The molecule has 0 aromatic rings. The van der Waals surface area contributed by atoms with Gasteiger partial charge in [-0.2, -0.15) is 0 Å². The molecule has 0 unspecified atom stereocenters. The van der Waals surface area contributed by atoms with Crippen molar-refractivity contribution in [1.82, 2.24) is 10.2 Å². The van der Waals surface area contributed by atoms with Gasteiger partial charge in [0.2, 0.25) is 0 Å². The molecule has 82 valence electrons. The van der Waals surface area contributed by atoms with Gasteiger partial charge in [0.15, 0.2) is 0 Å². The van der Waals surface area contributed by atoms with E-state index in [9.17, 15) is 0 Å². The van der Waals surface area contributed by atoms with Crippen molar-refractivity contribution in [1.29, 1.82) is 0 Å². The Morgan fingerprint density at radius 3 is 2.36 bits per heavy atom. The van der Waals surface area contributed by atoms with Crippen molar-refractivity contribution in [2.75, 3.05) is 26.2 Å². The van der Waals surface area contributed by atoms with Gasteiger partial charge in [-0.25, -0.2) is 0 Å². The second-order valence-electron chi connectivity index (χ2n) is 4.92. The first kappa shape index (κ1) is 10.4. The molecule has 2 aliphatic rings. The van der Waals surface area contributed by atoms with Crippen LogP contribution in [0.5, 0.6) is 0 Å². The first-order chi connectivity index (χ1) is 6.87. The van der Waals surface area contributed by atoms with Crippen LogP contribution in [-0.2, 0) is 0 Å². The Bertz CT molecular complexity index is 167. The van der Waals surface area contributed by atoms with E-state index in [2.05, 4.69) is 17.1 Å². The maximum Gasteiger partial charge on any atom is 0.0210 e. The Hall–Kier alpha value is -0.0800. The van der Waals surface area contributed by atoms with Gasteiger partial charge in [-0.05, 0) is 19.3 Å². The standard InChI is InChI=1S/C12H24N2/c1-2-5-12(6-3-4-7-12)14-10-8-13-9-11-14/h13H,2-11H2,1H3. The van der Waals surface area contributed by atoms with Gasteiger partial charge in [0.1, 0.15) is 0 Å². The van der Waals surface area contributed by atoms with Crippen LogP contribution in [0.1, 0.15) is 45.4 Å². The average molecular weight is 196 g/mol. The summed E-state index contributed by atoms with van der Waals surface area (Å²) in [5, 5.41) is 3.46. The molecule has 2 heteroatoms. The van der Waals surface area contributed by atoms with Crippen LogP contribution in [0.3, 0.4) is 0 Å². The Morgan fingerprint density at radius 2 is 1.79 bits per heavy atom. The minimum Gasteiger partial charge on any atom is -0.314 e. The average Bonchev–Trinajstić information content (AvgIpc) is 2.70. The van der Waals surface area contributed by atoms with Crippen LogP contribution in [0.2, 0.25) is 0 Å². The predicted molar refractivity (Wildman–Crippen MR) is 60.5 cm³/mol. The summed E-state index contributed by atoms with van der Waals surface area (Å²) >= 11 is 0. The maximum absolute atomic E-state index is 3.46. The highest BCUT2D eigenvalue weighted by Crippen LogP contribution is 2.38. The van der Waals surface area contributed by atoms with Gasteiger partial charge in [-0.1, -0.05) is 26.2 Å². The number of rotatable bonds is 3. The van der Waals surface area contributed by atoms with E-state index in [0.717, 1.165) is 0 Å². The van der Waals surface area contributed by atoms with Crippen molar-refractivity contribution in [3.63, 3.8) is 0 Å². The zero-order valence-electron chi connectivity index (χ0n) is 9.52. The van der Waals surface area contributed by atoms with Gasteiger partial charge < -0.3 is 5.32 Å². The van der Waals surface area contributed by atoms with E-state index in [1.807, 2.05) is 0 Å². The third kappa shape index (κ3) is 1.96. The van der Waals surface area contributed by atoms with Crippen LogP contribution in [0.15, 0.2) is 0 Å². The third-order valence-electron chi connectivity index (χ3n) is 4.04. The first-order valence-electron chi connectivity index (χ1n) is 6.33. The Balaban J connectivity index is 2.00. The van der Waals surface area contributed by atoms with Crippen molar-refractivity contribution in [3.8, 4) is 0 Å². The largest absolute Gasteiger partial charge is 0.314 e. The van der Waals surface area contributed by atoms with Gasteiger partial charge >= 0.3 is 0 Å². The number of hydrogen-bond donors (Lipinski definition) is 1. The molecule has 1 saturated carbocycles. The van der Waals surface area contributed by atoms with E-state index in [0.29, 0.717) is 5.54 Å². The number of hydrogen-bond acceptors (Lipinski definition) is 2. The lowest BCUT2D eigenvalue weighted by molar-refractivity contribution is 0.0691. The fourth-order valence-electron chi connectivity index (χ4n) is 3.36. The summed E-state index contributed by atoms with van der Waals surface area (Å²) in [7, 11) is 0. The summed E-state index contributed by atoms with van der Waals surface area (Å²) in [5.74, 6) is 0. The van der Waals surface area contributed by atoms with Gasteiger partial charge in [-0.3, -0.25) is 4.90 Å². The molecule has 0 radical (unpaired) electrons. The zero-order valence-corrected chi connectivity index (χ0v) is 9.52.